The van der Waals surface area contributed by atoms with Crippen LogP contribution >= 0.6 is 0 Å². The average Bonchev–Trinajstić information content (AvgIpc) is 2.59. The van der Waals surface area contributed by atoms with Gasteiger partial charge in [-0.15, -0.1) is 0 Å². The number of nitrogens with one attached hydrogen (secondary N) is 2. The van der Waals surface area contributed by atoms with Crippen molar-refractivity contribution >= 4 is 0 Å². The van der Waals surface area contributed by atoms with Crippen LogP contribution in [0.3, 0.4) is 0 Å². The lowest BCUT2D eigenvalue weighted by Gasteiger charge is -2.21. The molecule has 0 atom stereocenters. The van der Waals surface area contributed by atoms with Crippen LogP contribution in [0.5, 0.6) is 0 Å². The molecule has 25 heavy (non-hydrogen) atoms. The maximum Gasteiger partial charge on any atom is 0.101 e. The molecule has 4 heteroatoms. The van der Waals surface area contributed by atoms with Gasteiger partial charge in [-0.1, -0.05) is 60.7 Å². The molecule has 138 valence electrons. The van der Waals surface area contributed by atoms with Crippen LogP contribution in [0.15, 0.2) is 60.7 Å². The fourth-order valence-corrected chi connectivity index (χ4v) is 2.13. The van der Waals surface area contributed by atoms with Gasteiger partial charge in [0.1, 0.15) is 6.54 Å². The quantitative estimate of drug-likeness (QED) is 0.483. The summed E-state index contributed by atoms with van der Waals surface area (Å²) in [5, 5.41) is 15.2. The van der Waals surface area contributed by atoms with Crippen LogP contribution in [0.4, 0.5) is 0 Å². The maximum atomic E-state index is 8.39. The monoisotopic (exact) mass is 344 g/mol. The number of aliphatic hydroxyl groups is 1. The molecule has 0 radical (unpaired) electrons. The Morgan fingerprint density at radius 2 is 1.12 bits per heavy atom. The van der Waals surface area contributed by atoms with Gasteiger partial charge in [-0.05, 0) is 11.1 Å². The van der Waals surface area contributed by atoms with Gasteiger partial charge in [0, 0.05) is 26.2 Å². The Labute approximate surface area is 153 Å². The van der Waals surface area contributed by atoms with Crippen molar-refractivity contribution in [1.82, 2.24) is 10.6 Å². The highest BCUT2D eigenvalue weighted by molar-refractivity contribution is 5.15. The van der Waals surface area contributed by atoms with Gasteiger partial charge in [0.05, 0.1) is 27.7 Å². The molecule has 0 bridgehead atoms. The van der Waals surface area contributed by atoms with Crippen molar-refractivity contribution < 1.29 is 9.59 Å². The topological polar surface area (TPSA) is 44.3 Å². The fraction of sp³-hybridized carbons (Fsp3) is 0.429. The largest absolute Gasteiger partial charge is 0.391 e. The number of benzene rings is 2. The van der Waals surface area contributed by atoms with E-state index in [0.29, 0.717) is 0 Å². The SMILES string of the molecule is C[N+](C)(C)CCO.c1ccc(CNCCNCc2ccccc2)cc1. The molecule has 0 fully saturated rings. The molecule has 0 aliphatic heterocycles. The fourth-order valence-electron chi connectivity index (χ4n) is 2.13. The highest BCUT2D eigenvalue weighted by atomic mass is 16.3. The maximum absolute atomic E-state index is 8.39. The molecular weight excluding hydrogens is 310 g/mol. The first-order chi connectivity index (χ1) is 12.0. The van der Waals surface area contributed by atoms with Gasteiger partial charge >= 0.3 is 0 Å². The molecule has 2 aromatic rings. The summed E-state index contributed by atoms with van der Waals surface area (Å²) < 4.78 is 0.844. The van der Waals surface area contributed by atoms with E-state index >= 15 is 0 Å². The second-order valence-corrected chi connectivity index (χ2v) is 7.06. The number of hydrogen-bond acceptors (Lipinski definition) is 3. The molecule has 0 unspecified atom stereocenters. The molecule has 0 spiro atoms. The Morgan fingerprint density at radius 1 is 0.720 bits per heavy atom. The van der Waals surface area contributed by atoms with Crippen molar-refractivity contribution in [3.8, 4) is 0 Å². The van der Waals surface area contributed by atoms with Crippen molar-refractivity contribution in [3.05, 3.63) is 71.8 Å². The summed E-state index contributed by atoms with van der Waals surface area (Å²) in [4.78, 5) is 0. The summed E-state index contributed by atoms with van der Waals surface area (Å²) in [6, 6.07) is 21.0. The van der Waals surface area contributed by atoms with Crippen LogP contribution in [0.2, 0.25) is 0 Å². The van der Waals surface area contributed by atoms with Crippen molar-refractivity contribution in [2.45, 2.75) is 13.1 Å². The van der Waals surface area contributed by atoms with Gasteiger partial charge in [0.15, 0.2) is 0 Å². The molecule has 0 aromatic heterocycles. The molecule has 2 rings (SSSR count). The van der Waals surface area contributed by atoms with Gasteiger partial charge in [0.2, 0.25) is 0 Å². The lowest BCUT2D eigenvalue weighted by Crippen LogP contribution is -2.36. The Balaban J connectivity index is 0.000000381. The highest BCUT2D eigenvalue weighted by Crippen LogP contribution is 1.97. The van der Waals surface area contributed by atoms with Crippen LogP contribution in [-0.2, 0) is 13.1 Å². The first kappa shape index (κ1) is 21.3. The van der Waals surface area contributed by atoms with E-state index in [9.17, 15) is 0 Å². The van der Waals surface area contributed by atoms with Gasteiger partial charge in [0.25, 0.3) is 0 Å². The molecule has 4 nitrogen and oxygen atoms in total. The first-order valence-electron chi connectivity index (χ1n) is 8.92. The highest BCUT2D eigenvalue weighted by Gasteiger charge is 2.02. The zero-order chi connectivity index (χ0) is 18.4. The molecular formula is C21H34N3O+. The van der Waals surface area contributed by atoms with E-state index in [1.807, 2.05) is 12.1 Å². The Morgan fingerprint density at radius 3 is 1.40 bits per heavy atom. The van der Waals surface area contributed by atoms with E-state index in [4.69, 9.17) is 5.11 Å². The van der Waals surface area contributed by atoms with Crippen LogP contribution in [0.1, 0.15) is 11.1 Å². The predicted octanol–water partition coefficient (Wildman–Crippen LogP) is 2.25. The van der Waals surface area contributed by atoms with E-state index in [-0.39, 0.29) is 6.61 Å². The van der Waals surface area contributed by atoms with E-state index in [0.717, 1.165) is 37.2 Å². The first-order valence-corrected chi connectivity index (χ1v) is 8.92. The Hall–Kier alpha value is -1.72. The average molecular weight is 345 g/mol. The number of rotatable bonds is 9. The third-order valence-corrected chi connectivity index (χ3v) is 3.59. The van der Waals surface area contributed by atoms with Crippen molar-refractivity contribution in [2.75, 3.05) is 47.4 Å². The van der Waals surface area contributed by atoms with Gasteiger partial charge < -0.3 is 20.2 Å². The summed E-state index contributed by atoms with van der Waals surface area (Å²) >= 11 is 0. The summed E-state index contributed by atoms with van der Waals surface area (Å²) in [5.41, 5.74) is 2.67. The van der Waals surface area contributed by atoms with Crippen molar-refractivity contribution in [1.29, 1.82) is 0 Å². The summed E-state index contributed by atoms with van der Waals surface area (Å²) in [6.45, 7) is 4.97. The molecule has 0 amide bonds. The van der Waals surface area contributed by atoms with Gasteiger partial charge in [-0.3, -0.25) is 0 Å². The van der Waals surface area contributed by atoms with E-state index < -0.39 is 0 Å². The standard InChI is InChI=1S/C16H20N2.C5H14NO/c1-3-7-15(8-4-1)13-17-11-12-18-14-16-9-5-2-6-10-16;1-6(2,3)4-5-7/h1-10,17-18H,11-14H2;7H,4-5H2,1-3H3/q;+1. The second kappa shape index (κ2) is 12.6. The Kier molecular flexibility index (Phi) is 10.8. The van der Waals surface area contributed by atoms with Crippen molar-refractivity contribution in [2.24, 2.45) is 0 Å². The number of hydrogen-bond donors (Lipinski definition) is 3. The predicted molar refractivity (Wildman–Crippen MR) is 106 cm³/mol. The molecule has 0 aliphatic rings. The van der Waals surface area contributed by atoms with Crippen LogP contribution in [0, 0.1) is 0 Å². The molecule has 0 saturated carbocycles. The lowest BCUT2D eigenvalue weighted by atomic mass is 10.2. The number of quaternary nitrogens is 1. The van der Waals surface area contributed by atoms with Crippen LogP contribution in [0.25, 0.3) is 0 Å². The number of likely N-dealkylation sites (N-methyl/N-ethyl adjacent to an activating group) is 1. The van der Waals surface area contributed by atoms with Crippen molar-refractivity contribution in [3.63, 3.8) is 0 Å². The van der Waals surface area contributed by atoms with Crippen LogP contribution in [-0.4, -0.2) is 57.0 Å². The van der Waals surface area contributed by atoms with E-state index in [2.05, 4.69) is 80.3 Å². The molecule has 0 heterocycles. The lowest BCUT2D eigenvalue weighted by molar-refractivity contribution is -0.870. The normalized spacial score (nSPS) is 10.9. The number of aliphatic hydroxyl groups excluding tert-OH is 1. The van der Waals surface area contributed by atoms with E-state index in [1.165, 1.54) is 11.1 Å². The third-order valence-electron chi connectivity index (χ3n) is 3.59. The summed E-state index contributed by atoms with van der Waals surface area (Å²) in [5.74, 6) is 0. The molecule has 2 aromatic carbocycles. The number of nitrogens with zero attached hydrogens (tertiary/aromatic N) is 1. The Bertz CT molecular complexity index is 495. The minimum absolute atomic E-state index is 0.281. The second-order valence-electron chi connectivity index (χ2n) is 7.06. The summed E-state index contributed by atoms with van der Waals surface area (Å²) in [7, 11) is 6.16. The van der Waals surface area contributed by atoms with Gasteiger partial charge in [-0.2, -0.15) is 0 Å². The summed E-state index contributed by atoms with van der Waals surface area (Å²) in [6.07, 6.45) is 0. The third kappa shape index (κ3) is 12.3. The zero-order valence-corrected chi connectivity index (χ0v) is 15.9. The minimum Gasteiger partial charge on any atom is -0.391 e. The smallest absolute Gasteiger partial charge is 0.101 e. The van der Waals surface area contributed by atoms with Crippen LogP contribution < -0.4 is 10.6 Å². The minimum atomic E-state index is 0.281. The molecule has 3 N–H and O–H groups in total. The van der Waals surface area contributed by atoms with Gasteiger partial charge in [-0.25, -0.2) is 0 Å². The van der Waals surface area contributed by atoms with E-state index in [1.54, 1.807) is 0 Å². The zero-order valence-electron chi connectivity index (χ0n) is 15.9. The molecule has 0 saturated heterocycles. The molecule has 0 aliphatic carbocycles.